The van der Waals surface area contributed by atoms with E-state index in [0.717, 1.165) is 38.8 Å². The summed E-state index contributed by atoms with van der Waals surface area (Å²) >= 11 is 0. The summed E-state index contributed by atoms with van der Waals surface area (Å²) < 4.78 is 13.9. The Morgan fingerprint density at radius 1 is 1.16 bits per heavy atom. The summed E-state index contributed by atoms with van der Waals surface area (Å²) in [6, 6.07) is 8.81. The monoisotopic (exact) mass is 341 g/mol. The number of fused-ring (bicyclic) bond motifs is 1. The fourth-order valence-corrected chi connectivity index (χ4v) is 3.96. The van der Waals surface area contributed by atoms with Gasteiger partial charge in [0.1, 0.15) is 0 Å². The molecule has 1 saturated heterocycles. The van der Waals surface area contributed by atoms with Crippen molar-refractivity contribution in [3.63, 3.8) is 0 Å². The zero-order valence-electron chi connectivity index (χ0n) is 14.7. The van der Waals surface area contributed by atoms with E-state index in [1.54, 1.807) is 0 Å². The summed E-state index contributed by atoms with van der Waals surface area (Å²) in [5.74, 6) is 0.772. The van der Waals surface area contributed by atoms with Crippen LogP contribution in [-0.2, 0) is 22.6 Å². The van der Waals surface area contributed by atoms with Crippen LogP contribution in [0.2, 0.25) is 0 Å². The van der Waals surface area contributed by atoms with Crippen LogP contribution in [0.5, 0.6) is 0 Å². The number of hydrogen-bond donors (Lipinski definition) is 0. The zero-order chi connectivity index (χ0) is 16.9. The molecule has 0 aromatic carbocycles. The van der Waals surface area contributed by atoms with E-state index in [4.69, 9.17) is 9.47 Å². The van der Waals surface area contributed by atoms with Crippen molar-refractivity contribution < 1.29 is 9.47 Å². The second kappa shape index (κ2) is 8.13. The minimum absolute atomic E-state index is 0.389. The Morgan fingerprint density at radius 2 is 2.00 bits per heavy atom. The van der Waals surface area contributed by atoms with Crippen molar-refractivity contribution in [1.29, 1.82) is 0 Å². The molecule has 0 N–H and O–H groups in total. The molecule has 1 atom stereocenters. The molecule has 4 heterocycles. The third-order valence-corrected chi connectivity index (χ3v) is 5.30. The third kappa shape index (κ3) is 4.29. The molecule has 2 aromatic heterocycles. The summed E-state index contributed by atoms with van der Waals surface area (Å²) in [4.78, 5) is 6.66. The summed E-state index contributed by atoms with van der Waals surface area (Å²) in [5, 5.41) is 0. The van der Waals surface area contributed by atoms with Crippen LogP contribution in [0.3, 0.4) is 0 Å². The van der Waals surface area contributed by atoms with Gasteiger partial charge in [-0.1, -0.05) is 0 Å². The smallest absolute Gasteiger partial charge is 0.0719 e. The topological polar surface area (TPSA) is 39.5 Å². The molecule has 0 radical (unpaired) electrons. The highest BCUT2D eigenvalue weighted by Crippen LogP contribution is 2.25. The fraction of sp³-hybridized carbons (Fsp3) is 0.550. The quantitative estimate of drug-likeness (QED) is 0.810. The number of pyridine rings is 1. The average Bonchev–Trinajstić information content (AvgIpc) is 3.12. The maximum absolute atomic E-state index is 6.03. The molecular weight excluding hydrogens is 314 g/mol. The van der Waals surface area contributed by atoms with Gasteiger partial charge in [-0.15, -0.1) is 0 Å². The number of nitrogens with zero attached hydrogens (tertiary/aromatic N) is 3. The molecule has 0 unspecified atom stereocenters. The highest BCUT2D eigenvalue weighted by molar-refractivity contribution is 5.12. The van der Waals surface area contributed by atoms with E-state index >= 15 is 0 Å². The lowest BCUT2D eigenvalue weighted by Gasteiger charge is -2.37. The van der Waals surface area contributed by atoms with Crippen LogP contribution in [0.4, 0.5) is 0 Å². The molecule has 5 nitrogen and oxygen atoms in total. The van der Waals surface area contributed by atoms with Crippen molar-refractivity contribution in [2.24, 2.45) is 5.92 Å². The fourth-order valence-electron chi connectivity index (χ4n) is 3.96. The van der Waals surface area contributed by atoms with E-state index < -0.39 is 0 Å². The molecule has 4 rings (SSSR count). The first-order valence-corrected chi connectivity index (χ1v) is 9.31. The van der Waals surface area contributed by atoms with E-state index in [0.29, 0.717) is 12.6 Å². The molecule has 0 saturated carbocycles. The summed E-state index contributed by atoms with van der Waals surface area (Å²) in [7, 11) is 0. The maximum atomic E-state index is 6.03. The van der Waals surface area contributed by atoms with Crippen molar-refractivity contribution in [1.82, 2.24) is 14.5 Å². The number of aromatic nitrogens is 2. The molecule has 0 amide bonds. The molecular formula is C20H27N3O2. The Bertz CT molecular complexity index is 652. The highest BCUT2D eigenvalue weighted by atomic mass is 16.5. The molecule has 1 fully saturated rings. The Morgan fingerprint density at radius 3 is 2.84 bits per heavy atom. The van der Waals surface area contributed by atoms with Gasteiger partial charge < -0.3 is 14.0 Å². The highest BCUT2D eigenvalue weighted by Gasteiger charge is 2.26. The maximum Gasteiger partial charge on any atom is 0.0719 e. The Balaban J connectivity index is 1.35. The standard InChI is InChI=1S/C20H27N3O2/c1-2-19-13-22(12-17-5-10-24-11-6-17)14-20(23(19)9-1)16-25-15-18-3-7-21-8-4-18/h1-4,7-9,17,20H,5-6,10-16H2/t20-/m1/s1. The van der Waals surface area contributed by atoms with Gasteiger partial charge in [-0.2, -0.15) is 0 Å². The summed E-state index contributed by atoms with van der Waals surface area (Å²) in [6.07, 6.45) is 8.22. The lowest BCUT2D eigenvalue weighted by Crippen LogP contribution is -2.41. The first-order valence-electron chi connectivity index (χ1n) is 9.31. The summed E-state index contributed by atoms with van der Waals surface area (Å²) in [5.41, 5.74) is 2.58. The van der Waals surface area contributed by atoms with Crippen LogP contribution in [0.25, 0.3) is 0 Å². The van der Waals surface area contributed by atoms with Crippen LogP contribution in [0, 0.1) is 5.92 Å². The molecule has 0 spiro atoms. The lowest BCUT2D eigenvalue weighted by molar-refractivity contribution is 0.0313. The van der Waals surface area contributed by atoms with E-state index in [-0.39, 0.29) is 0 Å². The van der Waals surface area contributed by atoms with Crippen LogP contribution in [-0.4, -0.2) is 47.4 Å². The second-order valence-electron chi connectivity index (χ2n) is 7.18. The minimum atomic E-state index is 0.389. The van der Waals surface area contributed by atoms with Gasteiger partial charge in [-0.05, 0) is 48.6 Å². The molecule has 2 aromatic rings. The van der Waals surface area contributed by atoms with Gasteiger partial charge in [0.25, 0.3) is 0 Å². The van der Waals surface area contributed by atoms with Crippen molar-refractivity contribution in [2.75, 3.05) is 32.9 Å². The Hall–Kier alpha value is -1.69. The summed E-state index contributed by atoms with van der Waals surface area (Å²) in [6.45, 7) is 6.53. The molecule has 0 aliphatic carbocycles. The average molecular weight is 341 g/mol. The van der Waals surface area contributed by atoms with Gasteiger partial charge in [0.05, 0.1) is 19.3 Å². The zero-order valence-corrected chi connectivity index (χ0v) is 14.7. The van der Waals surface area contributed by atoms with E-state index in [2.05, 4.69) is 32.8 Å². The minimum Gasteiger partial charge on any atom is -0.381 e. The van der Waals surface area contributed by atoms with Gasteiger partial charge in [-0.3, -0.25) is 9.88 Å². The van der Waals surface area contributed by atoms with Crippen molar-refractivity contribution in [3.8, 4) is 0 Å². The van der Waals surface area contributed by atoms with E-state index in [9.17, 15) is 0 Å². The van der Waals surface area contributed by atoms with Gasteiger partial charge in [0, 0.05) is 57.1 Å². The van der Waals surface area contributed by atoms with Gasteiger partial charge in [0.2, 0.25) is 0 Å². The van der Waals surface area contributed by atoms with Crippen molar-refractivity contribution in [3.05, 3.63) is 54.1 Å². The largest absolute Gasteiger partial charge is 0.381 e. The molecule has 5 heteroatoms. The van der Waals surface area contributed by atoms with Crippen LogP contribution in [0.15, 0.2) is 42.9 Å². The predicted molar refractivity (Wildman–Crippen MR) is 96.2 cm³/mol. The van der Waals surface area contributed by atoms with Gasteiger partial charge in [0.15, 0.2) is 0 Å². The van der Waals surface area contributed by atoms with E-state index in [1.165, 1.54) is 30.6 Å². The van der Waals surface area contributed by atoms with Gasteiger partial charge in [-0.25, -0.2) is 0 Å². The first-order chi connectivity index (χ1) is 12.4. The third-order valence-electron chi connectivity index (χ3n) is 5.30. The van der Waals surface area contributed by atoms with E-state index in [1.807, 2.05) is 24.5 Å². The predicted octanol–water partition coefficient (Wildman–Crippen LogP) is 2.88. The molecule has 25 heavy (non-hydrogen) atoms. The van der Waals surface area contributed by atoms with Crippen LogP contribution >= 0.6 is 0 Å². The second-order valence-corrected chi connectivity index (χ2v) is 7.18. The molecule has 134 valence electrons. The first kappa shape index (κ1) is 16.8. The van der Waals surface area contributed by atoms with Gasteiger partial charge >= 0.3 is 0 Å². The normalized spacial score (nSPS) is 22.0. The number of rotatable bonds is 6. The molecule has 0 bridgehead atoms. The molecule has 2 aliphatic heterocycles. The number of ether oxygens (including phenoxy) is 2. The Labute approximate surface area is 149 Å². The SMILES string of the molecule is c1cc2n(c1)[C@@H](COCc1ccncc1)CN(CC1CCOCC1)C2. The van der Waals surface area contributed by atoms with Crippen molar-refractivity contribution in [2.45, 2.75) is 32.0 Å². The lowest BCUT2D eigenvalue weighted by atomic mass is 9.99. The van der Waals surface area contributed by atoms with Crippen LogP contribution < -0.4 is 0 Å². The van der Waals surface area contributed by atoms with Crippen LogP contribution in [0.1, 0.15) is 30.1 Å². The Kier molecular flexibility index (Phi) is 5.45. The number of hydrogen-bond acceptors (Lipinski definition) is 4. The molecule has 2 aliphatic rings. The van der Waals surface area contributed by atoms with Crippen molar-refractivity contribution >= 4 is 0 Å².